The zero-order valence-electron chi connectivity index (χ0n) is 15.5. The van der Waals surface area contributed by atoms with Crippen LogP contribution in [-0.2, 0) is 17.6 Å². The molecule has 2 saturated heterocycles. The number of hydrogen-bond acceptors (Lipinski definition) is 4. The van der Waals surface area contributed by atoms with Crippen LogP contribution in [0, 0.1) is 5.41 Å². The van der Waals surface area contributed by atoms with Gasteiger partial charge in [0.1, 0.15) is 6.04 Å². The molecule has 1 aromatic rings. The van der Waals surface area contributed by atoms with Crippen LogP contribution in [0.5, 0.6) is 0 Å². The van der Waals surface area contributed by atoms with Crippen LogP contribution in [0.3, 0.4) is 0 Å². The van der Waals surface area contributed by atoms with Gasteiger partial charge in [-0.05, 0) is 56.9 Å². The molecule has 2 N–H and O–H groups in total. The second-order valence-corrected chi connectivity index (χ2v) is 8.20. The monoisotopic (exact) mass is 360 g/mol. The van der Waals surface area contributed by atoms with Crippen LogP contribution in [0.1, 0.15) is 60.8 Å². The van der Waals surface area contributed by atoms with Crippen LogP contribution >= 0.6 is 0 Å². The number of aromatic nitrogens is 2. The van der Waals surface area contributed by atoms with Gasteiger partial charge >= 0.3 is 5.97 Å². The van der Waals surface area contributed by atoms with Crippen LogP contribution in [0.25, 0.3) is 0 Å². The van der Waals surface area contributed by atoms with E-state index >= 15 is 0 Å². The number of carboxylic acid groups (broad SMARTS) is 1. The molecule has 0 unspecified atom stereocenters. The Morgan fingerprint density at radius 1 is 1.31 bits per heavy atom. The minimum atomic E-state index is -0.707. The number of nitrogens with one attached hydrogen (secondary N) is 1. The average molecular weight is 360 g/mol. The molecule has 1 aromatic heterocycles. The molecule has 142 valence electrons. The van der Waals surface area contributed by atoms with Crippen LogP contribution in [0.4, 0.5) is 0 Å². The molecule has 0 saturated carbocycles. The first-order valence-electron chi connectivity index (χ1n) is 9.85. The van der Waals surface area contributed by atoms with Gasteiger partial charge in [0, 0.05) is 30.9 Å². The van der Waals surface area contributed by atoms with E-state index in [0.29, 0.717) is 25.2 Å². The predicted molar refractivity (Wildman–Crippen MR) is 96.1 cm³/mol. The van der Waals surface area contributed by atoms with Crippen LogP contribution in [0.2, 0.25) is 0 Å². The van der Waals surface area contributed by atoms with Gasteiger partial charge in [0.2, 0.25) is 0 Å². The van der Waals surface area contributed by atoms with E-state index in [-0.39, 0.29) is 17.4 Å². The molecular weight excluding hydrogens is 332 g/mol. The van der Waals surface area contributed by atoms with Crippen LogP contribution < -0.4 is 0 Å². The molecule has 2 aliphatic heterocycles. The normalized spacial score (nSPS) is 25.0. The third-order valence-electron chi connectivity index (χ3n) is 6.52. The SMILES string of the molecule is CCCN1CC2(CCN(C(=O)c3n[nH]c4c3CCC4)CC2)C[C@H]1C(=O)O. The highest BCUT2D eigenvalue weighted by Gasteiger charge is 2.48. The molecule has 0 bridgehead atoms. The number of hydrogen-bond donors (Lipinski definition) is 2. The molecule has 1 amide bonds. The third kappa shape index (κ3) is 2.92. The fourth-order valence-electron chi connectivity index (χ4n) is 5.10. The summed E-state index contributed by atoms with van der Waals surface area (Å²) in [5, 5.41) is 16.9. The number of amides is 1. The molecule has 0 aromatic carbocycles. The summed E-state index contributed by atoms with van der Waals surface area (Å²) in [6.45, 7) is 5.17. The van der Waals surface area contributed by atoms with Crippen molar-refractivity contribution in [1.29, 1.82) is 0 Å². The second kappa shape index (κ2) is 6.68. The number of aliphatic carboxylic acids is 1. The van der Waals surface area contributed by atoms with Gasteiger partial charge in [-0.2, -0.15) is 5.10 Å². The smallest absolute Gasteiger partial charge is 0.320 e. The molecule has 3 aliphatic rings. The van der Waals surface area contributed by atoms with E-state index in [4.69, 9.17) is 0 Å². The molecule has 3 heterocycles. The topological polar surface area (TPSA) is 89.5 Å². The number of piperidine rings is 1. The zero-order chi connectivity index (χ0) is 18.3. The van der Waals surface area contributed by atoms with Crippen molar-refractivity contribution in [2.24, 2.45) is 5.41 Å². The van der Waals surface area contributed by atoms with Gasteiger partial charge in [0.25, 0.3) is 5.91 Å². The molecule has 1 spiro atoms. The highest BCUT2D eigenvalue weighted by molar-refractivity contribution is 5.94. The maximum absolute atomic E-state index is 12.9. The second-order valence-electron chi connectivity index (χ2n) is 8.20. The summed E-state index contributed by atoms with van der Waals surface area (Å²) in [7, 11) is 0. The van der Waals surface area contributed by atoms with Crippen molar-refractivity contribution >= 4 is 11.9 Å². The predicted octanol–water partition coefficient (Wildman–Crippen LogP) is 1.69. The zero-order valence-corrected chi connectivity index (χ0v) is 15.5. The average Bonchev–Trinajstić information content (AvgIpc) is 3.30. The van der Waals surface area contributed by atoms with E-state index in [9.17, 15) is 14.7 Å². The number of carboxylic acids is 1. The lowest BCUT2D eigenvalue weighted by Gasteiger charge is -2.39. The molecule has 1 atom stereocenters. The fourth-order valence-corrected chi connectivity index (χ4v) is 5.10. The Morgan fingerprint density at radius 2 is 2.08 bits per heavy atom. The van der Waals surface area contributed by atoms with Gasteiger partial charge in [0.05, 0.1) is 0 Å². The van der Waals surface area contributed by atoms with Crippen molar-refractivity contribution in [1.82, 2.24) is 20.0 Å². The number of aromatic amines is 1. The van der Waals surface area contributed by atoms with Crippen molar-refractivity contribution in [2.75, 3.05) is 26.2 Å². The number of aryl methyl sites for hydroxylation is 1. The minimum Gasteiger partial charge on any atom is -0.480 e. The first-order valence-corrected chi connectivity index (χ1v) is 9.85. The summed E-state index contributed by atoms with van der Waals surface area (Å²) in [6.07, 6.45) is 6.47. The van der Waals surface area contributed by atoms with E-state index in [1.54, 1.807) is 0 Å². The molecule has 4 rings (SSSR count). The maximum Gasteiger partial charge on any atom is 0.320 e. The quantitative estimate of drug-likeness (QED) is 0.853. The third-order valence-corrected chi connectivity index (χ3v) is 6.52. The molecule has 0 radical (unpaired) electrons. The molecule has 26 heavy (non-hydrogen) atoms. The van der Waals surface area contributed by atoms with Gasteiger partial charge in [-0.3, -0.25) is 19.6 Å². The van der Waals surface area contributed by atoms with Crippen molar-refractivity contribution in [3.63, 3.8) is 0 Å². The van der Waals surface area contributed by atoms with Gasteiger partial charge in [-0.15, -0.1) is 0 Å². The van der Waals surface area contributed by atoms with Crippen LogP contribution in [-0.4, -0.2) is 69.2 Å². The number of likely N-dealkylation sites (tertiary alicyclic amines) is 2. The van der Waals surface area contributed by atoms with Crippen molar-refractivity contribution < 1.29 is 14.7 Å². The summed E-state index contributed by atoms with van der Waals surface area (Å²) >= 11 is 0. The number of carbonyl (C=O) groups excluding carboxylic acids is 1. The number of rotatable bonds is 4. The fraction of sp³-hybridized carbons (Fsp3) is 0.737. The van der Waals surface area contributed by atoms with Gasteiger partial charge in [-0.1, -0.05) is 6.92 Å². The van der Waals surface area contributed by atoms with Crippen molar-refractivity contribution in [2.45, 2.75) is 57.9 Å². The molecule has 2 fully saturated rings. The standard InChI is InChI=1S/C19H28N4O3/c1-2-8-23-12-19(11-15(23)18(25)26)6-9-22(10-7-19)17(24)16-13-4-3-5-14(13)20-21-16/h15H,2-12H2,1H3,(H,20,21)(H,25,26)/t15-/m0/s1. The Bertz CT molecular complexity index is 706. The van der Waals surface area contributed by atoms with Crippen molar-refractivity contribution in [3.8, 4) is 0 Å². The summed E-state index contributed by atoms with van der Waals surface area (Å²) in [6, 6.07) is -0.369. The Morgan fingerprint density at radius 3 is 2.77 bits per heavy atom. The highest BCUT2D eigenvalue weighted by Crippen LogP contribution is 2.43. The Kier molecular flexibility index (Phi) is 4.50. The number of carbonyl (C=O) groups is 2. The lowest BCUT2D eigenvalue weighted by Crippen LogP contribution is -2.44. The lowest BCUT2D eigenvalue weighted by molar-refractivity contribution is -0.142. The van der Waals surface area contributed by atoms with E-state index in [1.165, 1.54) is 0 Å². The van der Waals surface area contributed by atoms with Crippen molar-refractivity contribution in [3.05, 3.63) is 17.0 Å². The largest absolute Gasteiger partial charge is 0.480 e. The van der Waals surface area contributed by atoms with Gasteiger partial charge < -0.3 is 10.0 Å². The molecule has 7 nitrogen and oxygen atoms in total. The number of fused-ring (bicyclic) bond motifs is 1. The molecular formula is C19H28N4O3. The summed E-state index contributed by atoms with van der Waals surface area (Å²) in [5.74, 6) is -0.668. The van der Waals surface area contributed by atoms with E-state index in [2.05, 4.69) is 22.0 Å². The molecule has 7 heteroatoms. The number of nitrogens with zero attached hydrogens (tertiary/aromatic N) is 3. The number of H-pyrrole nitrogens is 1. The maximum atomic E-state index is 12.9. The lowest BCUT2D eigenvalue weighted by atomic mass is 9.76. The van der Waals surface area contributed by atoms with Gasteiger partial charge in [-0.25, -0.2) is 0 Å². The van der Waals surface area contributed by atoms with E-state index in [0.717, 1.165) is 62.9 Å². The van der Waals surface area contributed by atoms with E-state index < -0.39 is 5.97 Å². The summed E-state index contributed by atoms with van der Waals surface area (Å²) < 4.78 is 0. The molecule has 1 aliphatic carbocycles. The Balaban J connectivity index is 1.42. The first-order chi connectivity index (χ1) is 12.5. The summed E-state index contributed by atoms with van der Waals surface area (Å²) in [5.41, 5.74) is 2.88. The first kappa shape index (κ1) is 17.5. The highest BCUT2D eigenvalue weighted by atomic mass is 16.4. The Hall–Kier alpha value is -1.89. The van der Waals surface area contributed by atoms with Crippen LogP contribution in [0.15, 0.2) is 0 Å². The van der Waals surface area contributed by atoms with Gasteiger partial charge in [0.15, 0.2) is 5.69 Å². The Labute approximate surface area is 153 Å². The summed E-state index contributed by atoms with van der Waals surface area (Å²) in [4.78, 5) is 28.6. The van der Waals surface area contributed by atoms with E-state index in [1.807, 2.05) is 4.90 Å². The minimum absolute atomic E-state index is 0.0393.